The highest BCUT2D eigenvalue weighted by Gasteiger charge is 2.16. The lowest BCUT2D eigenvalue weighted by Gasteiger charge is -2.24. The van der Waals surface area contributed by atoms with Crippen LogP contribution in [0.3, 0.4) is 0 Å². The lowest BCUT2D eigenvalue weighted by molar-refractivity contribution is -0.130. The summed E-state index contributed by atoms with van der Waals surface area (Å²) < 4.78 is 0. The van der Waals surface area contributed by atoms with Gasteiger partial charge in [0.15, 0.2) is 0 Å². The molecule has 0 atom stereocenters. The zero-order valence-corrected chi connectivity index (χ0v) is 11.8. The van der Waals surface area contributed by atoms with Crippen molar-refractivity contribution in [1.29, 1.82) is 5.26 Å². The number of rotatable bonds is 5. The van der Waals surface area contributed by atoms with Crippen LogP contribution >= 0.6 is 0 Å². The molecule has 0 aliphatic rings. The first-order valence-electron chi connectivity index (χ1n) is 6.36. The highest BCUT2D eigenvalue weighted by molar-refractivity contribution is 5.78. The minimum Gasteiger partial charge on any atom is -0.324 e. The standard InChI is InChI=1S/C15H21N3O/c1-15(2,3)17-11-14(19)18(10-9-16)12-13-7-5-4-6-8-13/h4-8,17H,10-12H2,1-3H3. The van der Waals surface area contributed by atoms with Crippen LogP contribution in [0.1, 0.15) is 26.3 Å². The molecule has 1 N–H and O–H groups in total. The Balaban J connectivity index is 2.62. The van der Waals surface area contributed by atoms with E-state index in [1.165, 1.54) is 0 Å². The van der Waals surface area contributed by atoms with Crippen molar-refractivity contribution in [2.75, 3.05) is 13.1 Å². The average molecular weight is 259 g/mol. The Morgan fingerprint density at radius 2 is 1.95 bits per heavy atom. The van der Waals surface area contributed by atoms with Gasteiger partial charge in [0.25, 0.3) is 0 Å². The molecule has 0 fully saturated rings. The second kappa shape index (κ2) is 6.91. The largest absolute Gasteiger partial charge is 0.324 e. The van der Waals surface area contributed by atoms with Gasteiger partial charge in [-0.15, -0.1) is 0 Å². The first kappa shape index (κ1) is 15.2. The van der Waals surface area contributed by atoms with Crippen molar-refractivity contribution in [2.24, 2.45) is 0 Å². The van der Waals surface area contributed by atoms with Crippen molar-refractivity contribution >= 4 is 5.91 Å². The van der Waals surface area contributed by atoms with Gasteiger partial charge in [-0.25, -0.2) is 0 Å². The fourth-order valence-electron chi connectivity index (χ4n) is 1.57. The SMILES string of the molecule is CC(C)(C)NCC(=O)N(CC#N)Cc1ccccc1. The Morgan fingerprint density at radius 3 is 2.47 bits per heavy atom. The molecular formula is C15H21N3O. The zero-order valence-electron chi connectivity index (χ0n) is 11.8. The van der Waals surface area contributed by atoms with E-state index in [-0.39, 0.29) is 24.5 Å². The quantitative estimate of drug-likeness (QED) is 0.822. The van der Waals surface area contributed by atoms with Crippen molar-refractivity contribution in [1.82, 2.24) is 10.2 Å². The van der Waals surface area contributed by atoms with Crippen molar-refractivity contribution < 1.29 is 4.79 Å². The summed E-state index contributed by atoms with van der Waals surface area (Å²) in [5.74, 6) is -0.0553. The predicted octanol–water partition coefficient (Wildman–Crippen LogP) is 1.93. The number of carbonyl (C=O) groups excluding carboxylic acids is 1. The van der Waals surface area contributed by atoms with Gasteiger partial charge in [0.2, 0.25) is 5.91 Å². The van der Waals surface area contributed by atoms with Crippen LogP contribution in [-0.4, -0.2) is 29.4 Å². The molecule has 0 aliphatic carbocycles. The minimum absolute atomic E-state index is 0.0553. The Kier molecular flexibility index (Phi) is 5.53. The molecule has 1 rings (SSSR count). The maximum absolute atomic E-state index is 12.1. The average Bonchev–Trinajstić information content (AvgIpc) is 2.36. The van der Waals surface area contributed by atoms with Crippen molar-refractivity contribution in [3.8, 4) is 6.07 Å². The van der Waals surface area contributed by atoms with Crippen LogP contribution < -0.4 is 5.32 Å². The van der Waals surface area contributed by atoms with Crippen LogP contribution in [0.25, 0.3) is 0 Å². The third kappa shape index (κ3) is 6.03. The molecule has 4 heteroatoms. The summed E-state index contributed by atoms with van der Waals surface area (Å²) in [5.41, 5.74) is 0.919. The maximum atomic E-state index is 12.1. The van der Waals surface area contributed by atoms with E-state index >= 15 is 0 Å². The summed E-state index contributed by atoms with van der Waals surface area (Å²) in [5, 5.41) is 12.0. The smallest absolute Gasteiger partial charge is 0.237 e. The molecule has 102 valence electrons. The van der Waals surface area contributed by atoms with E-state index in [2.05, 4.69) is 5.32 Å². The number of nitriles is 1. The van der Waals surface area contributed by atoms with E-state index in [1.54, 1.807) is 4.90 Å². The van der Waals surface area contributed by atoms with Gasteiger partial charge in [-0.1, -0.05) is 30.3 Å². The Bertz CT molecular complexity index is 443. The normalized spacial score (nSPS) is 10.8. The predicted molar refractivity (Wildman–Crippen MR) is 75.2 cm³/mol. The second-order valence-corrected chi connectivity index (χ2v) is 5.50. The van der Waals surface area contributed by atoms with Crippen molar-refractivity contribution in [3.05, 3.63) is 35.9 Å². The molecule has 0 heterocycles. The van der Waals surface area contributed by atoms with E-state index in [1.807, 2.05) is 57.2 Å². The molecular weight excluding hydrogens is 238 g/mol. The van der Waals surface area contributed by atoms with Crippen LogP contribution in [-0.2, 0) is 11.3 Å². The zero-order chi connectivity index (χ0) is 14.3. The molecule has 1 amide bonds. The molecule has 0 spiro atoms. The number of carbonyl (C=O) groups is 1. The molecule has 1 aromatic carbocycles. The van der Waals surface area contributed by atoms with Crippen LogP contribution in [0, 0.1) is 11.3 Å². The summed E-state index contributed by atoms with van der Waals surface area (Å²) >= 11 is 0. The molecule has 4 nitrogen and oxygen atoms in total. The third-order valence-corrected chi connectivity index (χ3v) is 2.60. The van der Waals surface area contributed by atoms with Gasteiger partial charge in [0, 0.05) is 12.1 Å². The van der Waals surface area contributed by atoms with Crippen LogP contribution in [0.5, 0.6) is 0 Å². The van der Waals surface area contributed by atoms with Gasteiger partial charge in [-0.2, -0.15) is 5.26 Å². The Hall–Kier alpha value is -1.86. The van der Waals surface area contributed by atoms with Crippen LogP contribution in [0.2, 0.25) is 0 Å². The van der Waals surface area contributed by atoms with Gasteiger partial charge in [0.1, 0.15) is 6.54 Å². The highest BCUT2D eigenvalue weighted by atomic mass is 16.2. The van der Waals surface area contributed by atoms with Crippen LogP contribution in [0.15, 0.2) is 30.3 Å². The van der Waals surface area contributed by atoms with Gasteiger partial charge in [-0.3, -0.25) is 4.79 Å². The third-order valence-electron chi connectivity index (χ3n) is 2.60. The molecule has 0 saturated carbocycles. The van der Waals surface area contributed by atoms with E-state index < -0.39 is 0 Å². The number of hydrogen-bond donors (Lipinski definition) is 1. The number of benzene rings is 1. The molecule has 0 radical (unpaired) electrons. The first-order chi connectivity index (χ1) is 8.92. The molecule has 19 heavy (non-hydrogen) atoms. The van der Waals surface area contributed by atoms with E-state index in [0.29, 0.717) is 6.54 Å². The maximum Gasteiger partial charge on any atom is 0.237 e. The van der Waals surface area contributed by atoms with Gasteiger partial charge >= 0.3 is 0 Å². The van der Waals surface area contributed by atoms with Crippen molar-refractivity contribution in [3.63, 3.8) is 0 Å². The molecule has 0 saturated heterocycles. The summed E-state index contributed by atoms with van der Waals surface area (Å²) in [6.07, 6.45) is 0. The lowest BCUT2D eigenvalue weighted by atomic mass is 10.1. The monoisotopic (exact) mass is 259 g/mol. The van der Waals surface area contributed by atoms with E-state index in [4.69, 9.17) is 5.26 Å². The summed E-state index contributed by atoms with van der Waals surface area (Å²) in [7, 11) is 0. The Labute approximate surface area is 115 Å². The van der Waals surface area contributed by atoms with Gasteiger partial charge < -0.3 is 10.2 Å². The fourth-order valence-corrected chi connectivity index (χ4v) is 1.57. The van der Waals surface area contributed by atoms with Gasteiger partial charge in [0.05, 0.1) is 12.6 Å². The number of amides is 1. The summed E-state index contributed by atoms with van der Waals surface area (Å²) in [6, 6.07) is 11.7. The van der Waals surface area contributed by atoms with Crippen molar-refractivity contribution in [2.45, 2.75) is 32.9 Å². The van der Waals surface area contributed by atoms with E-state index in [0.717, 1.165) is 5.56 Å². The molecule has 0 bridgehead atoms. The Morgan fingerprint density at radius 1 is 1.32 bits per heavy atom. The molecule has 0 aromatic heterocycles. The minimum atomic E-state index is -0.110. The van der Waals surface area contributed by atoms with Crippen LogP contribution in [0.4, 0.5) is 0 Å². The lowest BCUT2D eigenvalue weighted by Crippen LogP contribution is -2.44. The number of nitrogens with one attached hydrogen (secondary N) is 1. The summed E-state index contributed by atoms with van der Waals surface area (Å²) in [6.45, 7) is 6.85. The highest BCUT2D eigenvalue weighted by Crippen LogP contribution is 2.05. The number of nitrogens with zero attached hydrogens (tertiary/aromatic N) is 2. The van der Waals surface area contributed by atoms with Gasteiger partial charge in [-0.05, 0) is 26.3 Å². The topological polar surface area (TPSA) is 56.1 Å². The number of hydrogen-bond acceptors (Lipinski definition) is 3. The molecule has 0 unspecified atom stereocenters. The molecule has 1 aromatic rings. The second-order valence-electron chi connectivity index (χ2n) is 5.50. The molecule has 0 aliphatic heterocycles. The fraction of sp³-hybridized carbons (Fsp3) is 0.467. The first-order valence-corrected chi connectivity index (χ1v) is 6.36. The van der Waals surface area contributed by atoms with E-state index in [9.17, 15) is 4.79 Å². The summed E-state index contributed by atoms with van der Waals surface area (Å²) in [4.78, 5) is 13.7.